The molecule has 86 valence electrons. The topological polar surface area (TPSA) is 26.2 Å². The van der Waals surface area contributed by atoms with Crippen LogP contribution < -0.4 is 5.32 Å². The molecular weight excluding hydrogens is 188 g/mol. The first kappa shape index (κ1) is 12.3. The van der Waals surface area contributed by atoms with E-state index in [0.717, 1.165) is 19.7 Å². The Morgan fingerprint density at radius 3 is 2.93 bits per heavy atom. The quantitative estimate of drug-likeness (QED) is 0.747. The minimum atomic E-state index is 0.655. The van der Waals surface area contributed by atoms with Gasteiger partial charge in [0, 0.05) is 25.0 Å². The molecule has 1 aromatic rings. The largest absolute Gasteiger partial charge is 0.361 e. The van der Waals surface area contributed by atoms with Gasteiger partial charge in [-0.15, -0.1) is 0 Å². The molecule has 0 spiro atoms. The standard InChI is InChI=1S/C12H22N2O/c1-4-15-10-14-7-5-6-12(14)9-13-8-11(2)3/h5-7,11,13H,4,8-10H2,1-3H3. The molecule has 1 N–H and O–H groups in total. The molecule has 0 aromatic carbocycles. The van der Waals surface area contributed by atoms with E-state index in [1.165, 1.54) is 5.69 Å². The summed E-state index contributed by atoms with van der Waals surface area (Å²) in [5.74, 6) is 0.695. The summed E-state index contributed by atoms with van der Waals surface area (Å²) in [5, 5.41) is 3.43. The van der Waals surface area contributed by atoms with Gasteiger partial charge in [0.05, 0.1) is 0 Å². The third-order valence-electron chi connectivity index (χ3n) is 2.22. The van der Waals surface area contributed by atoms with E-state index in [-0.39, 0.29) is 0 Å². The summed E-state index contributed by atoms with van der Waals surface area (Å²) in [6.45, 7) is 9.83. The minimum Gasteiger partial charge on any atom is -0.361 e. The summed E-state index contributed by atoms with van der Waals surface area (Å²) >= 11 is 0. The molecule has 0 radical (unpaired) electrons. The van der Waals surface area contributed by atoms with Crippen LogP contribution in [0.15, 0.2) is 18.3 Å². The van der Waals surface area contributed by atoms with Crippen molar-refractivity contribution >= 4 is 0 Å². The summed E-state index contributed by atoms with van der Waals surface area (Å²) in [6, 6.07) is 4.19. The van der Waals surface area contributed by atoms with Gasteiger partial charge in [-0.05, 0) is 31.5 Å². The molecular formula is C12H22N2O. The first-order chi connectivity index (χ1) is 7.24. The molecule has 3 heteroatoms. The van der Waals surface area contributed by atoms with Crippen LogP contribution in [-0.2, 0) is 18.0 Å². The van der Waals surface area contributed by atoms with Gasteiger partial charge in [0.1, 0.15) is 6.73 Å². The Balaban J connectivity index is 2.35. The van der Waals surface area contributed by atoms with Gasteiger partial charge in [0.2, 0.25) is 0 Å². The van der Waals surface area contributed by atoms with Crippen molar-refractivity contribution in [3.63, 3.8) is 0 Å². The molecule has 0 aliphatic heterocycles. The highest BCUT2D eigenvalue weighted by atomic mass is 16.5. The number of nitrogens with zero attached hydrogens (tertiary/aromatic N) is 1. The molecule has 0 saturated carbocycles. The molecule has 0 fully saturated rings. The smallest absolute Gasteiger partial charge is 0.122 e. The summed E-state index contributed by atoms with van der Waals surface area (Å²) in [6.07, 6.45) is 2.06. The van der Waals surface area contributed by atoms with E-state index in [2.05, 4.69) is 42.1 Å². The Hall–Kier alpha value is -0.800. The van der Waals surface area contributed by atoms with Crippen molar-refractivity contribution in [2.45, 2.75) is 34.0 Å². The van der Waals surface area contributed by atoms with Gasteiger partial charge < -0.3 is 14.6 Å². The van der Waals surface area contributed by atoms with Crippen molar-refractivity contribution in [1.82, 2.24) is 9.88 Å². The van der Waals surface area contributed by atoms with E-state index in [1.807, 2.05) is 6.92 Å². The fraction of sp³-hybridized carbons (Fsp3) is 0.667. The number of rotatable bonds is 7. The molecule has 0 saturated heterocycles. The van der Waals surface area contributed by atoms with Crippen molar-refractivity contribution in [3.8, 4) is 0 Å². The molecule has 0 amide bonds. The van der Waals surface area contributed by atoms with Gasteiger partial charge in [-0.1, -0.05) is 13.8 Å². The maximum absolute atomic E-state index is 5.38. The van der Waals surface area contributed by atoms with Crippen LogP contribution in [0.25, 0.3) is 0 Å². The SMILES string of the molecule is CCOCn1cccc1CNCC(C)C. The van der Waals surface area contributed by atoms with Gasteiger partial charge in [-0.2, -0.15) is 0 Å². The van der Waals surface area contributed by atoms with Crippen LogP contribution in [0.1, 0.15) is 26.5 Å². The van der Waals surface area contributed by atoms with Crippen LogP contribution in [0.5, 0.6) is 0 Å². The second-order valence-electron chi connectivity index (χ2n) is 4.12. The van der Waals surface area contributed by atoms with E-state index >= 15 is 0 Å². The third kappa shape index (κ3) is 4.49. The fourth-order valence-electron chi connectivity index (χ4n) is 1.41. The highest BCUT2D eigenvalue weighted by Crippen LogP contribution is 2.02. The molecule has 0 atom stereocenters. The highest BCUT2D eigenvalue weighted by Gasteiger charge is 2.00. The van der Waals surface area contributed by atoms with Gasteiger partial charge >= 0.3 is 0 Å². The second-order valence-corrected chi connectivity index (χ2v) is 4.12. The third-order valence-corrected chi connectivity index (χ3v) is 2.22. The Bertz CT molecular complexity index is 268. The summed E-state index contributed by atoms with van der Waals surface area (Å²) in [4.78, 5) is 0. The van der Waals surface area contributed by atoms with Crippen LogP contribution >= 0.6 is 0 Å². The molecule has 0 aliphatic rings. The lowest BCUT2D eigenvalue weighted by Gasteiger charge is -2.11. The molecule has 1 aromatic heterocycles. The summed E-state index contributed by atoms with van der Waals surface area (Å²) in [5.41, 5.74) is 1.28. The normalized spacial score (nSPS) is 11.2. The van der Waals surface area contributed by atoms with Crippen LogP contribution in [0.3, 0.4) is 0 Å². The molecule has 1 rings (SSSR count). The Kier molecular flexibility index (Phi) is 5.43. The first-order valence-corrected chi connectivity index (χ1v) is 5.66. The molecule has 15 heavy (non-hydrogen) atoms. The van der Waals surface area contributed by atoms with Crippen molar-refractivity contribution in [2.75, 3.05) is 13.2 Å². The van der Waals surface area contributed by atoms with E-state index in [9.17, 15) is 0 Å². The molecule has 0 aliphatic carbocycles. The van der Waals surface area contributed by atoms with Crippen molar-refractivity contribution < 1.29 is 4.74 Å². The van der Waals surface area contributed by atoms with Crippen molar-refractivity contribution in [3.05, 3.63) is 24.0 Å². The van der Waals surface area contributed by atoms with Crippen molar-refractivity contribution in [2.24, 2.45) is 5.92 Å². The molecule has 0 unspecified atom stereocenters. The van der Waals surface area contributed by atoms with E-state index in [0.29, 0.717) is 12.6 Å². The Morgan fingerprint density at radius 1 is 1.47 bits per heavy atom. The number of nitrogens with one attached hydrogen (secondary N) is 1. The zero-order valence-electron chi connectivity index (χ0n) is 9.99. The van der Waals surface area contributed by atoms with Crippen LogP contribution in [0, 0.1) is 5.92 Å². The highest BCUT2D eigenvalue weighted by molar-refractivity contribution is 5.06. The number of ether oxygens (including phenoxy) is 1. The van der Waals surface area contributed by atoms with Gasteiger partial charge in [-0.25, -0.2) is 0 Å². The zero-order valence-corrected chi connectivity index (χ0v) is 9.99. The lowest BCUT2D eigenvalue weighted by atomic mass is 10.2. The average Bonchev–Trinajstić information content (AvgIpc) is 2.62. The maximum atomic E-state index is 5.38. The summed E-state index contributed by atoms with van der Waals surface area (Å²) < 4.78 is 7.52. The van der Waals surface area contributed by atoms with E-state index < -0.39 is 0 Å². The number of hydrogen-bond acceptors (Lipinski definition) is 2. The Morgan fingerprint density at radius 2 is 2.27 bits per heavy atom. The lowest BCUT2D eigenvalue weighted by Crippen LogP contribution is -2.21. The average molecular weight is 210 g/mol. The van der Waals surface area contributed by atoms with E-state index in [4.69, 9.17) is 4.74 Å². The lowest BCUT2D eigenvalue weighted by molar-refractivity contribution is 0.0860. The fourth-order valence-corrected chi connectivity index (χ4v) is 1.41. The van der Waals surface area contributed by atoms with Gasteiger partial charge in [-0.3, -0.25) is 0 Å². The minimum absolute atomic E-state index is 0.655. The Labute approximate surface area is 92.4 Å². The summed E-state index contributed by atoms with van der Waals surface area (Å²) in [7, 11) is 0. The number of hydrogen-bond donors (Lipinski definition) is 1. The second kappa shape index (κ2) is 6.64. The maximum Gasteiger partial charge on any atom is 0.122 e. The monoisotopic (exact) mass is 210 g/mol. The predicted molar refractivity (Wildman–Crippen MR) is 62.6 cm³/mol. The first-order valence-electron chi connectivity index (χ1n) is 5.66. The molecule has 3 nitrogen and oxygen atoms in total. The predicted octanol–water partition coefficient (Wildman–Crippen LogP) is 2.23. The van der Waals surface area contributed by atoms with Crippen LogP contribution in [0.2, 0.25) is 0 Å². The van der Waals surface area contributed by atoms with Crippen LogP contribution in [0.4, 0.5) is 0 Å². The van der Waals surface area contributed by atoms with Gasteiger partial charge in [0.25, 0.3) is 0 Å². The molecule has 1 heterocycles. The number of aromatic nitrogens is 1. The van der Waals surface area contributed by atoms with E-state index in [1.54, 1.807) is 0 Å². The van der Waals surface area contributed by atoms with Crippen molar-refractivity contribution in [1.29, 1.82) is 0 Å². The zero-order chi connectivity index (χ0) is 11.1. The van der Waals surface area contributed by atoms with Gasteiger partial charge in [0.15, 0.2) is 0 Å². The van der Waals surface area contributed by atoms with Crippen LogP contribution in [-0.4, -0.2) is 17.7 Å². The molecule has 0 bridgehead atoms.